The molecule has 1 atom stereocenters. The first-order valence-corrected chi connectivity index (χ1v) is 9.44. The van der Waals surface area contributed by atoms with Crippen LogP contribution in [0.4, 0.5) is 0 Å². The zero-order valence-corrected chi connectivity index (χ0v) is 15.9. The van der Waals surface area contributed by atoms with E-state index >= 15 is 0 Å². The Kier molecular flexibility index (Phi) is 6.13. The lowest BCUT2D eigenvalue weighted by molar-refractivity contribution is 0.634. The minimum absolute atomic E-state index is 0.427. The van der Waals surface area contributed by atoms with Crippen LogP contribution in [-0.4, -0.2) is 9.97 Å². The lowest BCUT2D eigenvalue weighted by Crippen LogP contribution is -2.10. The highest BCUT2D eigenvalue weighted by molar-refractivity contribution is 7.80. The second-order valence-electron chi connectivity index (χ2n) is 6.69. The summed E-state index contributed by atoms with van der Waals surface area (Å²) in [6.07, 6.45) is 7.05. The van der Waals surface area contributed by atoms with Crippen LogP contribution in [0.3, 0.4) is 0 Å². The minimum Gasteiger partial charge on any atom is -0.389 e. The maximum atomic E-state index is 5.87. The highest BCUT2D eigenvalue weighted by atomic mass is 32.1. The van der Waals surface area contributed by atoms with E-state index in [0.717, 1.165) is 24.8 Å². The van der Waals surface area contributed by atoms with Crippen LogP contribution in [0.25, 0.3) is 11.1 Å². The lowest BCUT2D eigenvalue weighted by Gasteiger charge is -2.18. The Labute approximate surface area is 161 Å². The molecule has 3 rings (SSSR count). The third-order valence-electron chi connectivity index (χ3n) is 4.78. The summed E-state index contributed by atoms with van der Waals surface area (Å²) >= 11 is 5.19. The van der Waals surface area contributed by atoms with Crippen LogP contribution in [0.5, 0.6) is 0 Å². The molecule has 1 heterocycles. The van der Waals surface area contributed by atoms with Gasteiger partial charge in [0.2, 0.25) is 0 Å². The largest absolute Gasteiger partial charge is 0.389 e. The van der Waals surface area contributed by atoms with Gasteiger partial charge in [0.25, 0.3) is 0 Å². The third kappa shape index (κ3) is 4.55. The normalized spacial score (nSPS) is 11.9. The van der Waals surface area contributed by atoms with Crippen LogP contribution in [0.1, 0.15) is 42.4 Å². The number of rotatable bonds is 7. The molecule has 0 radical (unpaired) electrons. The van der Waals surface area contributed by atoms with E-state index < -0.39 is 0 Å². The molecule has 3 aromatic rings. The first-order valence-electron chi connectivity index (χ1n) is 9.03. The number of thiocarbonyl (C=S) groups is 1. The number of nitrogens with zero attached hydrogens (tertiary/aromatic N) is 1. The lowest BCUT2D eigenvalue weighted by atomic mass is 9.87. The molecule has 0 spiro atoms. The second kappa shape index (κ2) is 8.72. The van der Waals surface area contributed by atoms with Crippen LogP contribution in [-0.2, 0) is 6.42 Å². The first-order chi connectivity index (χ1) is 12.6. The molecule has 0 aliphatic carbocycles. The van der Waals surface area contributed by atoms with Crippen LogP contribution in [0.2, 0.25) is 0 Å². The molecule has 0 saturated heterocycles. The molecule has 0 aliphatic rings. The zero-order chi connectivity index (χ0) is 18.4. The van der Waals surface area contributed by atoms with Gasteiger partial charge < -0.3 is 5.73 Å². The average Bonchev–Trinajstić information content (AvgIpc) is 2.69. The number of aryl methyl sites for hydroxylation is 1. The van der Waals surface area contributed by atoms with Crippen LogP contribution < -0.4 is 5.73 Å². The van der Waals surface area contributed by atoms with E-state index in [9.17, 15) is 0 Å². The highest BCUT2D eigenvalue weighted by Gasteiger charge is 2.14. The maximum absolute atomic E-state index is 5.87. The second-order valence-corrected chi connectivity index (χ2v) is 7.13. The molecule has 132 valence electrons. The van der Waals surface area contributed by atoms with E-state index in [4.69, 9.17) is 18.0 Å². The van der Waals surface area contributed by atoms with E-state index in [1.54, 1.807) is 0 Å². The van der Waals surface area contributed by atoms with Crippen molar-refractivity contribution in [2.45, 2.75) is 32.1 Å². The van der Waals surface area contributed by atoms with Gasteiger partial charge in [0.05, 0.1) is 0 Å². The molecule has 2 nitrogen and oxygen atoms in total. The topological polar surface area (TPSA) is 38.9 Å². The summed E-state index contributed by atoms with van der Waals surface area (Å²) in [5.41, 5.74) is 11.9. The molecule has 0 fully saturated rings. The fraction of sp³-hybridized carbons (Fsp3) is 0.217. The van der Waals surface area contributed by atoms with Crippen LogP contribution >= 0.6 is 12.2 Å². The van der Waals surface area contributed by atoms with Gasteiger partial charge in [-0.2, -0.15) is 0 Å². The number of benzene rings is 2. The highest BCUT2D eigenvalue weighted by Crippen LogP contribution is 2.33. The van der Waals surface area contributed by atoms with Crippen molar-refractivity contribution in [2.75, 3.05) is 0 Å². The molecule has 26 heavy (non-hydrogen) atoms. The number of pyridine rings is 1. The van der Waals surface area contributed by atoms with Crippen molar-refractivity contribution < 1.29 is 0 Å². The van der Waals surface area contributed by atoms with Crippen molar-refractivity contribution in [1.29, 1.82) is 0 Å². The molecule has 2 N–H and O–H groups in total. The Morgan fingerprint density at radius 1 is 1.08 bits per heavy atom. The van der Waals surface area contributed by atoms with Gasteiger partial charge in [-0.3, -0.25) is 4.98 Å². The van der Waals surface area contributed by atoms with Crippen molar-refractivity contribution >= 4 is 17.2 Å². The Bertz CT molecular complexity index is 860. The van der Waals surface area contributed by atoms with Crippen molar-refractivity contribution in [3.05, 3.63) is 89.7 Å². The van der Waals surface area contributed by atoms with Gasteiger partial charge >= 0.3 is 0 Å². The molecule has 1 aromatic heterocycles. The molecule has 2 aromatic carbocycles. The quantitative estimate of drug-likeness (QED) is 0.565. The standard InChI is InChI=1S/C23H24N2S/c1-17(7-5-8-18-9-6-14-25-16-18)22-15-20(23(24)26)12-13-21(22)19-10-3-2-4-11-19/h2-4,6,9-17H,5,7-8H2,1H3,(H2,24,26). The predicted octanol–water partition coefficient (Wildman–Crippen LogP) is 5.51. The van der Waals surface area contributed by atoms with Crippen LogP contribution in [0, 0.1) is 0 Å². The Morgan fingerprint density at radius 2 is 1.88 bits per heavy atom. The summed E-state index contributed by atoms with van der Waals surface area (Å²) in [7, 11) is 0. The van der Waals surface area contributed by atoms with E-state index in [-0.39, 0.29) is 0 Å². The zero-order valence-electron chi connectivity index (χ0n) is 15.1. The van der Waals surface area contributed by atoms with Crippen molar-refractivity contribution in [2.24, 2.45) is 5.73 Å². The van der Waals surface area contributed by atoms with Gasteiger partial charge in [0.1, 0.15) is 4.99 Å². The van der Waals surface area contributed by atoms with E-state index in [1.807, 2.05) is 30.6 Å². The molecular formula is C23H24N2S. The Hall–Kier alpha value is -2.52. The van der Waals surface area contributed by atoms with Gasteiger partial charge in [0, 0.05) is 18.0 Å². The Balaban J connectivity index is 1.81. The monoisotopic (exact) mass is 360 g/mol. The fourth-order valence-corrected chi connectivity index (χ4v) is 3.45. The van der Waals surface area contributed by atoms with Gasteiger partial charge in [-0.15, -0.1) is 0 Å². The van der Waals surface area contributed by atoms with Crippen molar-refractivity contribution in [1.82, 2.24) is 4.98 Å². The molecule has 3 heteroatoms. The third-order valence-corrected chi connectivity index (χ3v) is 5.01. The Morgan fingerprint density at radius 3 is 2.58 bits per heavy atom. The summed E-state index contributed by atoms with van der Waals surface area (Å²) in [6.45, 7) is 2.29. The summed E-state index contributed by atoms with van der Waals surface area (Å²) in [6, 6.07) is 21.0. The summed E-state index contributed by atoms with van der Waals surface area (Å²) in [5, 5.41) is 0. The van der Waals surface area contributed by atoms with E-state index in [2.05, 4.69) is 54.4 Å². The summed E-state index contributed by atoms with van der Waals surface area (Å²) < 4.78 is 0. The molecular weight excluding hydrogens is 336 g/mol. The minimum atomic E-state index is 0.427. The molecule has 0 amide bonds. The molecule has 0 aliphatic heterocycles. The number of nitrogens with two attached hydrogens (primary N) is 1. The maximum Gasteiger partial charge on any atom is 0.103 e. The number of aromatic nitrogens is 1. The summed E-state index contributed by atoms with van der Waals surface area (Å²) in [5.74, 6) is 0.427. The summed E-state index contributed by atoms with van der Waals surface area (Å²) in [4.78, 5) is 4.65. The van der Waals surface area contributed by atoms with Gasteiger partial charge in [-0.25, -0.2) is 0 Å². The average molecular weight is 361 g/mol. The smallest absolute Gasteiger partial charge is 0.103 e. The van der Waals surface area contributed by atoms with Gasteiger partial charge in [0.15, 0.2) is 0 Å². The van der Waals surface area contributed by atoms with E-state index in [0.29, 0.717) is 10.9 Å². The SMILES string of the molecule is CC(CCCc1cccnc1)c1cc(C(N)=S)ccc1-c1ccccc1. The van der Waals surface area contributed by atoms with Gasteiger partial charge in [-0.05, 0) is 59.6 Å². The van der Waals surface area contributed by atoms with Crippen molar-refractivity contribution in [3.8, 4) is 11.1 Å². The van der Waals surface area contributed by atoms with E-state index in [1.165, 1.54) is 22.3 Å². The first kappa shape index (κ1) is 18.3. The molecule has 0 saturated carbocycles. The predicted molar refractivity (Wildman–Crippen MR) is 113 cm³/mol. The number of hydrogen-bond acceptors (Lipinski definition) is 2. The van der Waals surface area contributed by atoms with Gasteiger partial charge in [-0.1, -0.05) is 67.7 Å². The fourth-order valence-electron chi connectivity index (χ4n) is 3.32. The van der Waals surface area contributed by atoms with Crippen LogP contribution in [0.15, 0.2) is 73.1 Å². The molecule has 1 unspecified atom stereocenters. The van der Waals surface area contributed by atoms with Crippen molar-refractivity contribution in [3.63, 3.8) is 0 Å². The molecule has 0 bridgehead atoms. The number of hydrogen-bond donors (Lipinski definition) is 1.